The average molecular weight is 157 g/mol. The van der Waals surface area contributed by atoms with Crippen molar-refractivity contribution in [2.75, 3.05) is 19.8 Å². The van der Waals surface area contributed by atoms with Crippen LogP contribution in [0.4, 0.5) is 0 Å². The van der Waals surface area contributed by atoms with Crippen LogP contribution in [0.15, 0.2) is 12.7 Å². The standard InChI is InChI=1S/C8H13O3/c1-2-4-9-6-8-3-5-10-7-11-8/h2,7-8H,1,3-6H2. The van der Waals surface area contributed by atoms with Crippen molar-refractivity contribution in [2.24, 2.45) is 0 Å². The van der Waals surface area contributed by atoms with Crippen LogP contribution in [-0.2, 0) is 14.2 Å². The monoisotopic (exact) mass is 157 g/mol. The Morgan fingerprint density at radius 3 is 3.27 bits per heavy atom. The second kappa shape index (κ2) is 5.29. The molecule has 1 radical (unpaired) electrons. The van der Waals surface area contributed by atoms with Crippen molar-refractivity contribution in [2.45, 2.75) is 12.5 Å². The van der Waals surface area contributed by atoms with E-state index in [-0.39, 0.29) is 6.10 Å². The van der Waals surface area contributed by atoms with Crippen molar-refractivity contribution in [3.63, 3.8) is 0 Å². The maximum atomic E-state index is 5.20. The van der Waals surface area contributed by atoms with Gasteiger partial charge in [0.2, 0.25) is 6.79 Å². The first-order valence-corrected chi connectivity index (χ1v) is 3.71. The quantitative estimate of drug-likeness (QED) is 0.452. The van der Waals surface area contributed by atoms with Gasteiger partial charge < -0.3 is 14.2 Å². The van der Waals surface area contributed by atoms with E-state index in [1.807, 2.05) is 0 Å². The zero-order valence-electron chi connectivity index (χ0n) is 6.49. The number of hydrogen-bond acceptors (Lipinski definition) is 3. The van der Waals surface area contributed by atoms with E-state index >= 15 is 0 Å². The SMILES string of the molecule is C=CCOCC1CCO[CH]O1. The molecule has 0 N–H and O–H groups in total. The molecule has 0 aromatic carbocycles. The summed E-state index contributed by atoms with van der Waals surface area (Å²) in [4.78, 5) is 0. The fraction of sp³-hybridized carbons (Fsp3) is 0.625. The van der Waals surface area contributed by atoms with Gasteiger partial charge in [-0.2, -0.15) is 0 Å². The topological polar surface area (TPSA) is 27.7 Å². The van der Waals surface area contributed by atoms with E-state index in [2.05, 4.69) is 6.58 Å². The van der Waals surface area contributed by atoms with E-state index in [4.69, 9.17) is 14.2 Å². The maximum absolute atomic E-state index is 5.20. The highest BCUT2D eigenvalue weighted by atomic mass is 16.7. The molecule has 63 valence electrons. The Morgan fingerprint density at radius 2 is 2.64 bits per heavy atom. The molecule has 0 saturated carbocycles. The van der Waals surface area contributed by atoms with Gasteiger partial charge in [-0.1, -0.05) is 6.08 Å². The van der Waals surface area contributed by atoms with Gasteiger partial charge >= 0.3 is 0 Å². The Labute approximate surface area is 66.9 Å². The van der Waals surface area contributed by atoms with Gasteiger partial charge in [0.25, 0.3) is 0 Å². The van der Waals surface area contributed by atoms with Crippen molar-refractivity contribution in [1.29, 1.82) is 0 Å². The highest BCUT2D eigenvalue weighted by Crippen LogP contribution is 2.08. The third kappa shape index (κ3) is 3.51. The van der Waals surface area contributed by atoms with Crippen molar-refractivity contribution in [3.05, 3.63) is 19.4 Å². The molecule has 1 saturated heterocycles. The molecule has 1 aliphatic heterocycles. The van der Waals surface area contributed by atoms with Crippen LogP contribution in [0, 0.1) is 6.79 Å². The van der Waals surface area contributed by atoms with E-state index in [0.717, 1.165) is 13.0 Å². The summed E-state index contributed by atoms with van der Waals surface area (Å²) in [5, 5.41) is 0. The summed E-state index contributed by atoms with van der Waals surface area (Å²) in [7, 11) is 0. The van der Waals surface area contributed by atoms with Crippen LogP contribution in [0.5, 0.6) is 0 Å². The predicted octanol–water partition coefficient (Wildman–Crippen LogP) is 1.11. The van der Waals surface area contributed by atoms with Crippen LogP contribution in [0.1, 0.15) is 6.42 Å². The number of hydrogen-bond donors (Lipinski definition) is 0. The second-order valence-electron chi connectivity index (χ2n) is 2.34. The van der Waals surface area contributed by atoms with E-state index < -0.39 is 0 Å². The van der Waals surface area contributed by atoms with E-state index in [0.29, 0.717) is 13.2 Å². The summed E-state index contributed by atoms with van der Waals surface area (Å²) < 4.78 is 15.2. The van der Waals surface area contributed by atoms with Gasteiger partial charge in [-0.15, -0.1) is 6.58 Å². The molecule has 1 aliphatic rings. The van der Waals surface area contributed by atoms with Crippen LogP contribution in [0.2, 0.25) is 0 Å². The predicted molar refractivity (Wildman–Crippen MR) is 40.8 cm³/mol. The minimum Gasteiger partial charge on any atom is -0.375 e. The van der Waals surface area contributed by atoms with Crippen LogP contribution in [-0.4, -0.2) is 25.9 Å². The molecule has 1 unspecified atom stereocenters. The lowest BCUT2D eigenvalue weighted by atomic mass is 10.3. The third-order valence-electron chi connectivity index (χ3n) is 1.41. The summed E-state index contributed by atoms with van der Waals surface area (Å²) in [6, 6.07) is 0. The molecular formula is C8H13O3. The van der Waals surface area contributed by atoms with Gasteiger partial charge in [-0.25, -0.2) is 0 Å². The number of rotatable bonds is 4. The molecule has 11 heavy (non-hydrogen) atoms. The smallest absolute Gasteiger partial charge is 0.209 e. The highest BCUT2D eigenvalue weighted by Gasteiger charge is 2.13. The Bertz CT molecular complexity index is 108. The van der Waals surface area contributed by atoms with Crippen molar-refractivity contribution >= 4 is 0 Å². The summed E-state index contributed by atoms with van der Waals surface area (Å²) in [6.07, 6.45) is 2.78. The van der Waals surface area contributed by atoms with Crippen molar-refractivity contribution in [3.8, 4) is 0 Å². The lowest BCUT2D eigenvalue weighted by Gasteiger charge is -2.21. The molecule has 1 heterocycles. The zero-order valence-corrected chi connectivity index (χ0v) is 6.49. The summed E-state index contributed by atoms with van der Waals surface area (Å²) in [5.41, 5.74) is 0. The first-order chi connectivity index (χ1) is 5.43. The fourth-order valence-electron chi connectivity index (χ4n) is 0.839. The molecule has 1 atom stereocenters. The molecule has 0 amide bonds. The third-order valence-corrected chi connectivity index (χ3v) is 1.41. The molecule has 3 nitrogen and oxygen atoms in total. The number of ether oxygens (including phenoxy) is 3. The molecule has 1 rings (SSSR count). The summed E-state index contributed by atoms with van der Waals surface area (Å²) in [5.74, 6) is 0. The lowest BCUT2D eigenvalue weighted by Crippen LogP contribution is -2.25. The van der Waals surface area contributed by atoms with Gasteiger partial charge in [0, 0.05) is 0 Å². The van der Waals surface area contributed by atoms with Gasteiger partial charge in [0.15, 0.2) is 0 Å². The van der Waals surface area contributed by atoms with Gasteiger partial charge in [0.1, 0.15) is 0 Å². The van der Waals surface area contributed by atoms with Crippen LogP contribution in [0.3, 0.4) is 0 Å². The largest absolute Gasteiger partial charge is 0.375 e. The van der Waals surface area contributed by atoms with E-state index in [9.17, 15) is 0 Å². The molecule has 0 aliphatic carbocycles. The van der Waals surface area contributed by atoms with Crippen LogP contribution < -0.4 is 0 Å². The van der Waals surface area contributed by atoms with Crippen molar-refractivity contribution in [1.82, 2.24) is 0 Å². The minimum absolute atomic E-state index is 0.156. The minimum atomic E-state index is 0.156. The summed E-state index contributed by atoms with van der Waals surface area (Å²) in [6.45, 7) is 6.85. The van der Waals surface area contributed by atoms with E-state index in [1.54, 1.807) is 6.08 Å². The van der Waals surface area contributed by atoms with E-state index in [1.165, 1.54) is 6.79 Å². The van der Waals surface area contributed by atoms with Crippen molar-refractivity contribution < 1.29 is 14.2 Å². The molecule has 0 aromatic rings. The fourth-order valence-corrected chi connectivity index (χ4v) is 0.839. The summed E-state index contributed by atoms with van der Waals surface area (Å²) >= 11 is 0. The molecule has 0 bridgehead atoms. The normalized spacial score (nSPS) is 24.9. The van der Waals surface area contributed by atoms with Crippen LogP contribution in [0.25, 0.3) is 0 Å². The molecule has 1 fully saturated rings. The molecular weight excluding hydrogens is 144 g/mol. The van der Waals surface area contributed by atoms with Gasteiger partial charge in [0.05, 0.1) is 25.9 Å². The van der Waals surface area contributed by atoms with Gasteiger partial charge in [-0.3, -0.25) is 0 Å². The average Bonchev–Trinajstić information content (AvgIpc) is 2.07. The second-order valence-corrected chi connectivity index (χ2v) is 2.34. The van der Waals surface area contributed by atoms with Crippen LogP contribution >= 0.6 is 0 Å². The molecule has 0 spiro atoms. The Morgan fingerprint density at radius 1 is 1.73 bits per heavy atom. The Hall–Kier alpha value is -0.380. The zero-order chi connectivity index (χ0) is 7.94. The lowest BCUT2D eigenvalue weighted by molar-refractivity contribution is -0.100. The Balaban J connectivity index is 2.00. The first kappa shape index (κ1) is 8.71. The van der Waals surface area contributed by atoms with Gasteiger partial charge in [-0.05, 0) is 6.42 Å². The first-order valence-electron chi connectivity index (χ1n) is 3.71. The maximum Gasteiger partial charge on any atom is 0.209 e. The Kier molecular flexibility index (Phi) is 4.19. The highest BCUT2D eigenvalue weighted by molar-refractivity contribution is 4.66. The molecule has 0 aromatic heterocycles. The molecule has 3 heteroatoms.